The number of benzene rings is 1. The third kappa shape index (κ3) is 2.03. The Balaban J connectivity index is 2.43. The van der Waals surface area contributed by atoms with Crippen LogP contribution >= 0.6 is 0 Å². The number of nitro groups is 1. The highest BCUT2D eigenvalue weighted by atomic mass is 16.6. The zero-order chi connectivity index (χ0) is 13.3. The van der Waals surface area contributed by atoms with Crippen LogP contribution in [0.15, 0.2) is 33.5 Å². The molecule has 0 aliphatic carbocycles. The van der Waals surface area contributed by atoms with Crippen LogP contribution in [0.3, 0.4) is 0 Å². The number of aromatic nitrogens is 2. The van der Waals surface area contributed by atoms with Gasteiger partial charge >= 0.3 is 5.76 Å². The van der Waals surface area contributed by atoms with Crippen molar-refractivity contribution in [1.82, 2.24) is 9.78 Å². The van der Waals surface area contributed by atoms with Gasteiger partial charge in [-0.25, -0.2) is 4.79 Å². The van der Waals surface area contributed by atoms with Crippen molar-refractivity contribution in [2.45, 2.75) is 6.92 Å². The quantitative estimate of drug-likeness (QED) is 0.581. The Morgan fingerprint density at radius 1 is 1.39 bits per heavy atom. The number of non-ortho nitro benzene ring substituents is 1. The summed E-state index contributed by atoms with van der Waals surface area (Å²) in [6.45, 7) is 1.17. The standard InChI is InChI=1S/C10H7N3O5/c1-6(14)12-10(15)18-9(11-12)7-2-4-8(5-3-7)13(16)17/h2-5H,1H3. The molecule has 2 rings (SSSR count). The lowest BCUT2D eigenvalue weighted by atomic mass is 10.2. The minimum absolute atomic E-state index is 0.0647. The Hall–Kier alpha value is -2.77. The molecule has 0 N–H and O–H groups in total. The van der Waals surface area contributed by atoms with Crippen molar-refractivity contribution >= 4 is 11.6 Å². The van der Waals surface area contributed by atoms with Crippen LogP contribution in [0.2, 0.25) is 0 Å². The normalized spacial score (nSPS) is 10.3. The Labute approximate surface area is 99.6 Å². The molecule has 0 fully saturated rings. The summed E-state index contributed by atoms with van der Waals surface area (Å²) in [4.78, 5) is 32.2. The first kappa shape index (κ1) is 11.7. The molecule has 0 aliphatic heterocycles. The van der Waals surface area contributed by atoms with Gasteiger partial charge in [-0.05, 0) is 12.1 Å². The van der Waals surface area contributed by atoms with Gasteiger partial charge in [0, 0.05) is 24.6 Å². The first-order chi connectivity index (χ1) is 8.49. The van der Waals surface area contributed by atoms with E-state index < -0.39 is 16.6 Å². The number of nitro benzene ring substituents is 1. The monoisotopic (exact) mass is 249 g/mol. The van der Waals surface area contributed by atoms with E-state index in [1.54, 1.807) is 0 Å². The molecule has 2 aromatic rings. The van der Waals surface area contributed by atoms with E-state index in [4.69, 9.17) is 4.42 Å². The van der Waals surface area contributed by atoms with Gasteiger partial charge in [0.2, 0.25) is 11.8 Å². The molecule has 92 valence electrons. The molecular weight excluding hydrogens is 242 g/mol. The summed E-state index contributed by atoms with van der Waals surface area (Å²) in [5.41, 5.74) is 0.282. The highest BCUT2D eigenvalue weighted by Crippen LogP contribution is 2.19. The highest BCUT2D eigenvalue weighted by molar-refractivity contribution is 5.75. The second-order valence-corrected chi connectivity index (χ2v) is 3.41. The molecule has 1 aromatic carbocycles. The summed E-state index contributed by atoms with van der Waals surface area (Å²) < 4.78 is 5.35. The first-order valence-corrected chi connectivity index (χ1v) is 4.85. The van der Waals surface area contributed by atoms with E-state index in [1.165, 1.54) is 31.2 Å². The number of rotatable bonds is 2. The molecule has 8 heteroatoms. The molecule has 0 saturated heterocycles. The number of nitrogens with zero attached hydrogens (tertiary/aromatic N) is 3. The van der Waals surface area contributed by atoms with Gasteiger partial charge in [-0.2, -0.15) is 0 Å². The van der Waals surface area contributed by atoms with Crippen LogP contribution in [0, 0.1) is 10.1 Å². The SMILES string of the molecule is CC(=O)n1nc(-c2ccc([N+](=O)[O-])cc2)oc1=O. The van der Waals surface area contributed by atoms with Gasteiger partial charge in [0.05, 0.1) is 4.92 Å². The predicted molar refractivity (Wildman–Crippen MR) is 59.2 cm³/mol. The van der Waals surface area contributed by atoms with E-state index in [1.807, 2.05) is 0 Å². The Morgan fingerprint density at radius 2 is 2.00 bits per heavy atom. The van der Waals surface area contributed by atoms with Gasteiger partial charge in [-0.15, -0.1) is 9.78 Å². The van der Waals surface area contributed by atoms with Crippen LogP contribution in [0.4, 0.5) is 5.69 Å². The highest BCUT2D eigenvalue weighted by Gasteiger charge is 2.14. The lowest BCUT2D eigenvalue weighted by Crippen LogP contribution is -2.21. The van der Waals surface area contributed by atoms with Crippen LogP contribution < -0.4 is 5.76 Å². The molecule has 0 aliphatic rings. The Kier molecular flexibility index (Phi) is 2.76. The molecule has 0 radical (unpaired) electrons. The third-order valence-electron chi connectivity index (χ3n) is 2.17. The summed E-state index contributed by atoms with van der Waals surface area (Å²) >= 11 is 0. The second kappa shape index (κ2) is 4.24. The van der Waals surface area contributed by atoms with Crippen molar-refractivity contribution in [1.29, 1.82) is 0 Å². The van der Waals surface area contributed by atoms with E-state index >= 15 is 0 Å². The fourth-order valence-electron chi connectivity index (χ4n) is 1.32. The molecule has 18 heavy (non-hydrogen) atoms. The fourth-order valence-corrected chi connectivity index (χ4v) is 1.32. The van der Waals surface area contributed by atoms with Crippen molar-refractivity contribution in [3.8, 4) is 11.5 Å². The van der Waals surface area contributed by atoms with Gasteiger partial charge in [0.25, 0.3) is 5.69 Å². The molecule has 0 spiro atoms. The van der Waals surface area contributed by atoms with Gasteiger partial charge < -0.3 is 4.42 Å². The van der Waals surface area contributed by atoms with Crippen molar-refractivity contribution in [3.63, 3.8) is 0 Å². The average molecular weight is 249 g/mol. The predicted octanol–water partition coefficient (Wildman–Crippen LogP) is 1.07. The molecular formula is C10H7N3O5. The molecule has 8 nitrogen and oxygen atoms in total. The van der Waals surface area contributed by atoms with Crippen molar-refractivity contribution in [3.05, 3.63) is 44.9 Å². The Bertz CT molecular complexity index is 668. The zero-order valence-corrected chi connectivity index (χ0v) is 9.19. The number of carbonyl (C=O) groups is 1. The third-order valence-corrected chi connectivity index (χ3v) is 2.17. The molecule has 0 amide bonds. The summed E-state index contributed by atoms with van der Waals surface area (Å²) in [5.74, 6) is -1.53. The van der Waals surface area contributed by atoms with E-state index in [0.29, 0.717) is 10.2 Å². The van der Waals surface area contributed by atoms with Crippen LogP contribution in [-0.2, 0) is 0 Å². The maximum Gasteiger partial charge on any atom is 0.444 e. The van der Waals surface area contributed by atoms with Crippen molar-refractivity contribution in [2.24, 2.45) is 0 Å². The molecule has 0 atom stereocenters. The van der Waals surface area contributed by atoms with E-state index in [2.05, 4.69) is 5.10 Å². The Morgan fingerprint density at radius 3 is 2.44 bits per heavy atom. The van der Waals surface area contributed by atoms with Gasteiger partial charge in [0.1, 0.15) is 0 Å². The number of hydrogen-bond donors (Lipinski definition) is 0. The van der Waals surface area contributed by atoms with E-state index in [-0.39, 0.29) is 11.6 Å². The van der Waals surface area contributed by atoms with Gasteiger partial charge in [-0.3, -0.25) is 14.9 Å². The zero-order valence-electron chi connectivity index (χ0n) is 9.19. The summed E-state index contributed by atoms with van der Waals surface area (Å²) in [6.07, 6.45) is 0. The molecule has 0 saturated carbocycles. The summed E-state index contributed by atoms with van der Waals surface area (Å²) in [7, 11) is 0. The van der Waals surface area contributed by atoms with Gasteiger partial charge in [-0.1, -0.05) is 0 Å². The smallest absolute Gasteiger partial charge is 0.387 e. The summed E-state index contributed by atoms with van der Waals surface area (Å²) in [5, 5.41) is 14.1. The van der Waals surface area contributed by atoms with E-state index in [9.17, 15) is 19.7 Å². The largest absolute Gasteiger partial charge is 0.444 e. The minimum Gasteiger partial charge on any atom is -0.387 e. The lowest BCUT2D eigenvalue weighted by Gasteiger charge is -1.93. The van der Waals surface area contributed by atoms with E-state index in [0.717, 1.165) is 0 Å². The minimum atomic E-state index is -0.893. The topological polar surface area (TPSA) is 108 Å². The lowest BCUT2D eigenvalue weighted by molar-refractivity contribution is -0.384. The summed E-state index contributed by atoms with van der Waals surface area (Å²) in [6, 6.07) is 5.27. The van der Waals surface area contributed by atoms with Crippen LogP contribution in [0.25, 0.3) is 11.5 Å². The van der Waals surface area contributed by atoms with Crippen LogP contribution in [0.1, 0.15) is 11.7 Å². The van der Waals surface area contributed by atoms with Crippen LogP contribution in [-0.4, -0.2) is 20.6 Å². The second-order valence-electron chi connectivity index (χ2n) is 3.41. The molecule has 1 aromatic heterocycles. The maximum atomic E-state index is 11.2. The first-order valence-electron chi connectivity index (χ1n) is 4.85. The number of carbonyl (C=O) groups excluding carboxylic acids is 1. The average Bonchev–Trinajstić information content (AvgIpc) is 2.71. The number of hydrogen-bond acceptors (Lipinski definition) is 6. The maximum absolute atomic E-state index is 11.2. The van der Waals surface area contributed by atoms with Crippen molar-refractivity contribution < 1.29 is 14.1 Å². The van der Waals surface area contributed by atoms with Crippen LogP contribution in [0.5, 0.6) is 0 Å². The van der Waals surface area contributed by atoms with Gasteiger partial charge in [0.15, 0.2) is 0 Å². The molecule has 0 bridgehead atoms. The molecule has 1 heterocycles. The molecule has 0 unspecified atom stereocenters. The fraction of sp³-hybridized carbons (Fsp3) is 0.100. The van der Waals surface area contributed by atoms with Crippen molar-refractivity contribution in [2.75, 3.05) is 0 Å².